The number of rotatable bonds is 2. The lowest BCUT2D eigenvalue weighted by molar-refractivity contribution is -0.136. The molecule has 0 bridgehead atoms. The van der Waals surface area contributed by atoms with E-state index in [1.54, 1.807) is 25.1 Å². The van der Waals surface area contributed by atoms with Crippen LogP contribution in [-0.2, 0) is 9.53 Å². The maximum absolute atomic E-state index is 11.2. The Bertz CT molecular complexity index is 786. The van der Waals surface area contributed by atoms with Gasteiger partial charge in [0.25, 0.3) is 0 Å². The molecule has 0 aliphatic heterocycles. The number of hydrogen-bond acceptors (Lipinski definition) is 3. The third kappa shape index (κ3) is 5.04. The standard InChI is InChI=1S/C20H16O3/c1-2-23-20(22)15-14-19(21)18-11-7-6-10-17(18)13-12-16-8-4-3-5-9-16/h3-11,19,21H,2H2,1H3. The Kier molecular flexibility index (Phi) is 6.00. The van der Waals surface area contributed by atoms with Crippen molar-refractivity contribution in [2.24, 2.45) is 0 Å². The maximum atomic E-state index is 11.2. The molecule has 0 aliphatic rings. The molecule has 2 aromatic carbocycles. The van der Waals surface area contributed by atoms with E-state index >= 15 is 0 Å². The molecule has 2 rings (SSSR count). The minimum absolute atomic E-state index is 0.253. The minimum atomic E-state index is -1.10. The summed E-state index contributed by atoms with van der Waals surface area (Å²) < 4.78 is 4.71. The van der Waals surface area contributed by atoms with E-state index in [0.717, 1.165) is 5.56 Å². The van der Waals surface area contributed by atoms with Gasteiger partial charge in [0.1, 0.15) is 6.10 Å². The van der Waals surface area contributed by atoms with Crippen LogP contribution in [0, 0.1) is 23.7 Å². The van der Waals surface area contributed by atoms with E-state index in [4.69, 9.17) is 4.74 Å². The Balaban J connectivity index is 2.24. The third-order valence-electron chi connectivity index (χ3n) is 2.96. The third-order valence-corrected chi connectivity index (χ3v) is 2.96. The van der Waals surface area contributed by atoms with Crippen LogP contribution in [0.25, 0.3) is 0 Å². The molecular weight excluding hydrogens is 288 g/mol. The van der Waals surface area contributed by atoms with Crippen molar-refractivity contribution in [1.82, 2.24) is 0 Å². The second-order valence-corrected chi connectivity index (χ2v) is 4.60. The molecule has 0 aliphatic carbocycles. The molecule has 0 spiro atoms. The summed E-state index contributed by atoms with van der Waals surface area (Å²) in [7, 11) is 0. The van der Waals surface area contributed by atoms with Gasteiger partial charge in [0.2, 0.25) is 0 Å². The van der Waals surface area contributed by atoms with Crippen molar-refractivity contribution in [3.63, 3.8) is 0 Å². The molecule has 1 unspecified atom stereocenters. The fraction of sp³-hybridized carbons (Fsp3) is 0.150. The number of aliphatic hydroxyl groups is 1. The Morgan fingerprint density at radius 3 is 2.52 bits per heavy atom. The summed E-state index contributed by atoms with van der Waals surface area (Å²) in [6, 6.07) is 16.7. The van der Waals surface area contributed by atoms with Crippen LogP contribution < -0.4 is 0 Å². The summed E-state index contributed by atoms with van der Waals surface area (Å²) in [5.74, 6) is 10.2. The Morgan fingerprint density at radius 1 is 1.09 bits per heavy atom. The largest absolute Gasteiger partial charge is 0.456 e. The summed E-state index contributed by atoms with van der Waals surface area (Å²) in [4.78, 5) is 11.2. The molecule has 114 valence electrons. The maximum Gasteiger partial charge on any atom is 0.384 e. The first-order chi connectivity index (χ1) is 11.2. The van der Waals surface area contributed by atoms with E-state index in [9.17, 15) is 9.90 Å². The fourth-order valence-corrected chi connectivity index (χ4v) is 1.88. The summed E-state index contributed by atoms with van der Waals surface area (Å²) in [5.41, 5.74) is 2.11. The van der Waals surface area contributed by atoms with Gasteiger partial charge in [0, 0.05) is 22.6 Å². The fourth-order valence-electron chi connectivity index (χ4n) is 1.88. The van der Waals surface area contributed by atoms with Gasteiger partial charge in [-0.15, -0.1) is 0 Å². The Morgan fingerprint density at radius 2 is 1.78 bits per heavy atom. The van der Waals surface area contributed by atoms with Crippen molar-refractivity contribution >= 4 is 5.97 Å². The van der Waals surface area contributed by atoms with Crippen LogP contribution in [0.1, 0.15) is 29.7 Å². The minimum Gasteiger partial charge on any atom is -0.456 e. The number of carbonyl (C=O) groups is 1. The summed E-state index contributed by atoms with van der Waals surface area (Å²) in [5, 5.41) is 10.2. The Labute approximate surface area is 135 Å². The zero-order valence-electron chi connectivity index (χ0n) is 12.7. The van der Waals surface area contributed by atoms with E-state index in [-0.39, 0.29) is 6.61 Å². The van der Waals surface area contributed by atoms with Gasteiger partial charge in [-0.25, -0.2) is 4.79 Å². The highest BCUT2D eigenvalue weighted by molar-refractivity contribution is 5.88. The second-order valence-electron chi connectivity index (χ2n) is 4.60. The number of benzene rings is 2. The molecule has 0 aromatic heterocycles. The molecule has 23 heavy (non-hydrogen) atoms. The van der Waals surface area contributed by atoms with Crippen LogP contribution in [-0.4, -0.2) is 17.7 Å². The van der Waals surface area contributed by atoms with Crippen molar-refractivity contribution in [2.45, 2.75) is 13.0 Å². The summed E-state index contributed by atoms with van der Waals surface area (Å²) >= 11 is 0. The number of aliphatic hydroxyl groups excluding tert-OH is 1. The first kappa shape index (κ1) is 16.4. The number of esters is 1. The van der Waals surface area contributed by atoms with Gasteiger partial charge >= 0.3 is 5.97 Å². The van der Waals surface area contributed by atoms with Crippen LogP contribution in [0.2, 0.25) is 0 Å². The predicted octanol–water partition coefficient (Wildman–Crippen LogP) is 2.69. The van der Waals surface area contributed by atoms with Crippen molar-refractivity contribution in [3.05, 3.63) is 71.3 Å². The highest BCUT2D eigenvalue weighted by atomic mass is 16.5. The van der Waals surface area contributed by atoms with Crippen molar-refractivity contribution in [1.29, 1.82) is 0 Å². The lowest BCUT2D eigenvalue weighted by Crippen LogP contribution is -2.02. The monoisotopic (exact) mass is 304 g/mol. The lowest BCUT2D eigenvalue weighted by Gasteiger charge is -2.06. The van der Waals surface area contributed by atoms with Gasteiger partial charge in [-0.1, -0.05) is 54.2 Å². The van der Waals surface area contributed by atoms with E-state index in [0.29, 0.717) is 11.1 Å². The second kappa shape index (κ2) is 8.44. The van der Waals surface area contributed by atoms with E-state index < -0.39 is 12.1 Å². The molecule has 0 amide bonds. The van der Waals surface area contributed by atoms with Gasteiger partial charge in [-0.3, -0.25) is 0 Å². The van der Waals surface area contributed by atoms with Gasteiger partial charge in [0.05, 0.1) is 6.61 Å². The number of hydrogen-bond donors (Lipinski definition) is 1. The highest BCUT2D eigenvalue weighted by Gasteiger charge is 2.08. The topological polar surface area (TPSA) is 46.5 Å². The first-order valence-corrected chi connectivity index (χ1v) is 7.23. The molecule has 2 aromatic rings. The summed E-state index contributed by atoms with van der Waals surface area (Å²) in [6.45, 7) is 1.95. The quantitative estimate of drug-likeness (QED) is 0.527. The molecule has 0 saturated carbocycles. The average Bonchev–Trinajstić information content (AvgIpc) is 2.59. The molecule has 0 saturated heterocycles. The number of carbonyl (C=O) groups excluding carboxylic acids is 1. The number of ether oxygens (including phenoxy) is 1. The Hall–Kier alpha value is -3.01. The van der Waals surface area contributed by atoms with Crippen molar-refractivity contribution < 1.29 is 14.6 Å². The predicted molar refractivity (Wildman–Crippen MR) is 88.2 cm³/mol. The summed E-state index contributed by atoms with van der Waals surface area (Å²) in [6.07, 6.45) is -1.10. The SMILES string of the molecule is CCOC(=O)C#CC(O)c1ccccc1C#Cc1ccccc1. The molecular formula is C20H16O3. The molecule has 0 radical (unpaired) electrons. The van der Waals surface area contributed by atoms with Gasteiger partial charge in [-0.05, 0) is 25.1 Å². The van der Waals surface area contributed by atoms with E-state index in [1.807, 2.05) is 36.4 Å². The van der Waals surface area contributed by atoms with E-state index in [1.165, 1.54) is 0 Å². The van der Waals surface area contributed by atoms with Crippen molar-refractivity contribution in [3.8, 4) is 23.7 Å². The van der Waals surface area contributed by atoms with Crippen LogP contribution >= 0.6 is 0 Å². The van der Waals surface area contributed by atoms with Crippen LogP contribution in [0.3, 0.4) is 0 Å². The van der Waals surface area contributed by atoms with Crippen molar-refractivity contribution in [2.75, 3.05) is 6.61 Å². The van der Waals surface area contributed by atoms with Gasteiger partial charge in [0.15, 0.2) is 0 Å². The van der Waals surface area contributed by atoms with Crippen LogP contribution in [0.5, 0.6) is 0 Å². The molecule has 1 N–H and O–H groups in total. The first-order valence-electron chi connectivity index (χ1n) is 7.23. The highest BCUT2D eigenvalue weighted by Crippen LogP contribution is 2.16. The molecule has 1 atom stereocenters. The molecule has 0 fully saturated rings. The molecule has 3 nitrogen and oxygen atoms in total. The van der Waals surface area contributed by atoms with Crippen LogP contribution in [0.4, 0.5) is 0 Å². The lowest BCUT2D eigenvalue weighted by atomic mass is 10.0. The molecule has 3 heteroatoms. The normalized spacial score (nSPS) is 10.5. The zero-order chi connectivity index (χ0) is 16.5. The van der Waals surface area contributed by atoms with Crippen LogP contribution in [0.15, 0.2) is 54.6 Å². The molecule has 0 heterocycles. The zero-order valence-corrected chi connectivity index (χ0v) is 12.7. The average molecular weight is 304 g/mol. The van der Waals surface area contributed by atoms with Gasteiger partial charge in [-0.2, -0.15) is 0 Å². The van der Waals surface area contributed by atoms with Gasteiger partial charge < -0.3 is 9.84 Å². The smallest absolute Gasteiger partial charge is 0.384 e. The van der Waals surface area contributed by atoms with E-state index in [2.05, 4.69) is 23.7 Å².